The highest BCUT2D eigenvalue weighted by atomic mass is 31.2. The van der Waals surface area contributed by atoms with E-state index >= 15 is 0 Å². The second-order valence-electron chi connectivity index (χ2n) is 16.5. The Bertz CT molecular complexity index is 1420. The Morgan fingerprint density at radius 3 is 1.86 bits per heavy atom. The standard InChI is InChI=1S/C48H82NO13P/c1-3-5-7-8-9-10-11-12-13-14-15-16-17-18-19-20-21-22-27-31-46(53)59-36-40(37-60-63(57,58)61-38-43(49)48(55)56)62-47(54)32-28-24-23-26-30-41-42(45(52)35-44(41)51)34-33-39(50)29-25-6-4-2/h9-10,12-13,15-16,18-19,33-34,39-45,50-52H,3-8,11,14,17,20-32,35-38,49H2,1-2H3,(H,55,56)(H,57,58)/b10-9-,13-12-,16-15-,19-18-,34-33+/t39-,40+,41+,42+,43-,44-,45+/m0/s1. The molecule has 1 rings (SSSR count). The SMILES string of the molecule is CCCCC/C=C\C/C=C\C/C=C\C/C=C\CCCCCC(=O)OC[C@H](COP(=O)(O)OC[C@H](N)C(=O)O)OC(=O)CCCCCC[C@@H]1[C@@H](/C=C/[C@@H](O)CCCCC)[C@H](O)C[C@@H]1O. The summed E-state index contributed by atoms with van der Waals surface area (Å²) in [4.78, 5) is 46.3. The van der Waals surface area contributed by atoms with Crippen molar-refractivity contribution in [3.8, 4) is 0 Å². The lowest BCUT2D eigenvalue weighted by Gasteiger charge is -2.21. The van der Waals surface area contributed by atoms with Crippen LogP contribution in [0.15, 0.2) is 60.8 Å². The molecule has 0 saturated heterocycles. The first kappa shape index (κ1) is 58.1. The van der Waals surface area contributed by atoms with Gasteiger partial charge in [0, 0.05) is 25.2 Å². The Kier molecular flexibility index (Phi) is 34.4. The van der Waals surface area contributed by atoms with Crippen molar-refractivity contribution < 1.29 is 62.8 Å². The number of rotatable bonds is 39. The minimum atomic E-state index is -4.79. The highest BCUT2D eigenvalue weighted by molar-refractivity contribution is 7.47. The van der Waals surface area contributed by atoms with Crippen LogP contribution in [0.3, 0.4) is 0 Å². The number of allylic oxidation sites excluding steroid dienone is 8. The molecule has 1 fully saturated rings. The second kappa shape index (κ2) is 37.3. The Morgan fingerprint density at radius 1 is 0.698 bits per heavy atom. The molecule has 1 saturated carbocycles. The average Bonchev–Trinajstić information content (AvgIpc) is 3.52. The third-order valence-electron chi connectivity index (χ3n) is 10.8. The van der Waals surface area contributed by atoms with Crippen LogP contribution < -0.4 is 5.73 Å². The second-order valence-corrected chi connectivity index (χ2v) is 18.0. The fraction of sp³-hybridized carbons (Fsp3) is 0.729. The van der Waals surface area contributed by atoms with Crippen molar-refractivity contribution in [3.05, 3.63) is 60.8 Å². The van der Waals surface area contributed by atoms with E-state index < -0.39 is 76.0 Å². The molecule has 362 valence electrons. The molecular weight excluding hydrogens is 829 g/mol. The van der Waals surface area contributed by atoms with Crippen LogP contribution in [-0.2, 0) is 37.5 Å². The number of carbonyl (C=O) groups excluding carboxylic acids is 2. The van der Waals surface area contributed by atoms with E-state index in [2.05, 4.69) is 67.0 Å². The van der Waals surface area contributed by atoms with Gasteiger partial charge in [-0.2, -0.15) is 0 Å². The van der Waals surface area contributed by atoms with E-state index in [1.165, 1.54) is 19.3 Å². The number of ether oxygens (including phenoxy) is 2. The predicted octanol–water partition coefficient (Wildman–Crippen LogP) is 9.11. The van der Waals surface area contributed by atoms with E-state index in [0.717, 1.165) is 77.0 Å². The molecule has 0 radical (unpaired) electrons. The first-order valence-electron chi connectivity index (χ1n) is 23.6. The number of aliphatic carboxylic acids is 1. The van der Waals surface area contributed by atoms with E-state index in [1.54, 1.807) is 6.08 Å². The molecule has 0 bridgehead atoms. The van der Waals surface area contributed by atoms with E-state index in [1.807, 2.05) is 6.08 Å². The van der Waals surface area contributed by atoms with Gasteiger partial charge in [0.2, 0.25) is 0 Å². The normalized spacial score (nSPS) is 20.6. The fourth-order valence-electron chi connectivity index (χ4n) is 7.08. The lowest BCUT2D eigenvalue weighted by Crippen LogP contribution is -2.34. The van der Waals surface area contributed by atoms with Crippen LogP contribution in [0.4, 0.5) is 0 Å². The lowest BCUT2D eigenvalue weighted by atomic mass is 9.88. The van der Waals surface area contributed by atoms with Gasteiger partial charge >= 0.3 is 25.7 Å². The van der Waals surface area contributed by atoms with Crippen molar-refractivity contribution in [1.29, 1.82) is 0 Å². The van der Waals surface area contributed by atoms with Gasteiger partial charge in [-0.25, -0.2) is 4.57 Å². The largest absolute Gasteiger partial charge is 0.480 e. The molecule has 14 nitrogen and oxygen atoms in total. The Labute approximate surface area is 377 Å². The van der Waals surface area contributed by atoms with Gasteiger partial charge in [0.05, 0.1) is 31.5 Å². The third-order valence-corrected chi connectivity index (χ3v) is 11.8. The number of carboxylic acids is 1. The molecule has 0 aromatic rings. The maximum Gasteiger partial charge on any atom is 0.472 e. The molecule has 1 unspecified atom stereocenters. The summed E-state index contributed by atoms with van der Waals surface area (Å²) in [5.41, 5.74) is 5.34. The maximum atomic E-state index is 12.8. The van der Waals surface area contributed by atoms with Crippen molar-refractivity contribution in [1.82, 2.24) is 0 Å². The number of carboxylic acid groups (broad SMARTS) is 1. The molecule has 0 amide bonds. The zero-order valence-electron chi connectivity index (χ0n) is 38.2. The van der Waals surface area contributed by atoms with Gasteiger partial charge in [0.1, 0.15) is 12.6 Å². The van der Waals surface area contributed by atoms with E-state index in [-0.39, 0.29) is 24.7 Å². The third kappa shape index (κ3) is 31.6. The van der Waals surface area contributed by atoms with Crippen LogP contribution in [0.1, 0.15) is 162 Å². The molecule has 0 spiro atoms. The first-order chi connectivity index (χ1) is 30.3. The van der Waals surface area contributed by atoms with Gasteiger partial charge in [-0.1, -0.05) is 132 Å². The van der Waals surface area contributed by atoms with Gasteiger partial charge in [-0.3, -0.25) is 23.4 Å². The van der Waals surface area contributed by atoms with Crippen LogP contribution >= 0.6 is 7.82 Å². The fourth-order valence-corrected chi connectivity index (χ4v) is 7.86. The average molecular weight is 912 g/mol. The summed E-state index contributed by atoms with van der Waals surface area (Å²) >= 11 is 0. The smallest absolute Gasteiger partial charge is 0.472 e. The molecular formula is C48H82NO13P. The minimum absolute atomic E-state index is 0.0245. The molecule has 0 aromatic heterocycles. The maximum absolute atomic E-state index is 12.8. The number of hydrogen-bond donors (Lipinski definition) is 6. The molecule has 0 aliphatic heterocycles. The number of hydrogen-bond acceptors (Lipinski definition) is 12. The van der Waals surface area contributed by atoms with Gasteiger partial charge in [0.15, 0.2) is 6.10 Å². The Balaban J connectivity index is 2.47. The van der Waals surface area contributed by atoms with E-state index in [4.69, 9.17) is 24.8 Å². The zero-order chi connectivity index (χ0) is 46.6. The van der Waals surface area contributed by atoms with Crippen molar-refractivity contribution in [3.63, 3.8) is 0 Å². The van der Waals surface area contributed by atoms with Crippen LogP contribution in [0, 0.1) is 11.8 Å². The number of aliphatic hydroxyl groups excluding tert-OH is 3. The van der Waals surface area contributed by atoms with Crippen molar-refractivity contribution in [2.24, 2.45) is 17.6 Å². The number of esters is 2. The van der Waals surface area contributed by atoms with Gasteiger partial charge < -0.3 is 40.5 Å². The van der Waals surface area contributed by atoms with Crippen molar-refractivity contribution in [2.45, 2.75) is 192 Å². The highest BCUT2D eigenvalue weighted by Gasteiger charge is 2.39. The molecule has 15 heteroatoms. The molecule has 0 aromatic carbocycles. The van der Waals surface area contributed by atoms with Gasteiger partial charge in [0.25, 0.3) is 0 Å². The topological polar surface area (TPSA) is 232 Å². The lowest BCUT2D eigenvalue weighted by molar-refractivity contribution is -0.161. The molecule has 63 heavy (non-hydrogen) atoms. The number of aliphatic hydroxyl groups is 3. The van der Waals surface area contributed by atoms with Crippen LogP contribution in [-0.4, -0.2) is 93.5 Å². The van der Waals surface area contributed by atoms with Crippen LogP contribution in [0.5, 0.6) is 0 Å². The van der Waals surface area contributed by atoms with Crippen LogP contribution in [0.2, 0.25) is 0 Å². The van der Waals surface area contributed by atoms with Gasteiger partial charge in [-0.05, 0) is 76.5 Å². The number of carbonyl (C=O) groups is 3. The first-order valence-corrected chi connectivity index (χ1v) is 25.1. The monoisotopic (exact) mass is 912 g/mol. The quantitative estimate of drug-likeness (QED) is 0.0146. The summed E-state index contributed by atoms with van der Waals surface area (Å²) in [7, 11) is -4.79. The molecule has 8 atom stereocenters. The number of nitrogens with two attached hydrogens (primary N) is 1. The summed E-state index contributed by atoms with van der Waals surface area (Å²) < 4.78 is 32.7. The number of phosphoric ester groups is 1. The number of phosphoric acid groups is 1. The number of unbranched alkanes of at least 4 members (excludes halogenated alkanes) is 11. The Morgan fingerprint density at radius 2 is 1.24 bits per heavy atom. The predicted molar refractivity (Wildman–Crippen MR) is 246 cm³/mol. The molecule has 7 N–H and O–H groups in total. The summed E-state index contributed by atoms with van der Waals surface area (Å²) in [5.74, 6) is -2.96. The van der Waals surface area contributed by atoms with Crippen molar-refractivity contribution >= 4 is 25.7 Å². The van der Waals surface area contributed by atoms with Gasteiger partial charge in [-0.15, -0.1) is 0 Å². The van der Waals surface area contributed by atoms with E-state index in [0.29, 0.717) is 38.5 Å². The van der Waals surface area contributed by atoms with Crippen molar-refractivity contribution in [2.75, 3.05) is 19.8 Å². The minimum Gasteiger partial charge on any atom is -0.480 e. The summed E-state index contributed by atoms with van der Waals surface area (Å²) in [5, 5.41) is 40.3. The summed E-state index contributed by atoms with van der Waals surface area (Å²) in [6.45, 7) is 2.43. The molecule has 1 aliphatic carbocycles. The zero-order valence-corrected chi connectivity index (χ0v) is 39.1. The highest BCUT2D eigenvalue weighted by Crippen LogP contribution is 2.43. The summed E-state index contributed by atoms with van der Waals surface area (Å²) in [6.07, 6.45) is 36.3. The molecule has 0 heterocycles. The summed E-state index contributed by atoms with van der Waals surface area (Å²) in [6, 6.07) is -1.57. The van der Waals surface area contributed by atoms with E-state index in [9.17, 15) is 39.2 Å². The molecule has 1 aliphatic rings. The van der Waals surface area contributed by atoms with Crippen LogP contribution in [0.25, 0.3) is 0 Å². The Hall–Kier alpha value is -2.94.